The number of piperidine rings is 1. The quantitative estimate of drug-likeness (QED) is 0.421. The minimum absolute atomic E-state index is 0.0394. The van der Waals surface area contributed by atoms with Crippen molar-refractivity contribution in [2.24, 2.45) is 13.0 Å². The van der Waals surface area contributed by atoms with Crippen molar-refractivity contribution < 1.29 is 18.5 Å². The molecule has 2 saturated heterocycles. The highest BCUT2D eigenvalue weighted by molar-refractivity contribution is 5.99. The maximum absolute atomic E-state index is 13.2. The molecule has 5 heterocycles. The summed E-state index contributed by atoms with van der Waals surface area (Å²) in [7, 11) is 1.91. The van der Waals surface area contributed by atoms with Crippen molar-refractivity contribution >= 4 is 28.5 Å². The molecule has 6 rings (SSSR count). The van der Waals surface area contributed by atoms with Crippen molar-refractivity contribution in [1.29, 1.82) is 0 Å². The molecule has 1 aromatic carbocycles. The number of carbonyl (C=O) groups excluding carboxylic acids is 2. The molecule has 0 aliphatic carbocycles. The fraction of sp³-hybridized carbons (Fsp3) is 0.385. The number of nitrogens with zero attached hydrogens (tertiary/aromatic N) is 7. The van der Waals surface area contributed by atoms with Gasteiger partial charge in [-0.1, -0.05) is 17.3 Å². The Labute approximate surface area is 212 Å². The van der Waals surface area contributed by atoms with E-state index in [1.165, 1.54) is 17.0 Å². The van der Waals surface area contributed by atoms with Gasteiger partial charge in [-0.3, -0.25) is 19.2 Å². The first-order valence-corrected chi connectivity index (χ1v) is 12.4. The number of halogens is 1. The molecule has 0 bridgehead atoms. The number of hydrogen-bond donors (Lipinski definition) is 0. The van der Waals surface area contributed by atoms with Crippen LogP contribution in [0.3, 0.4) is 0 Å². The molecule has 2 amide bonds. The summed E-state index contributed by atoms with van der Waals surface area (Å²) < 4.78 is 20.6. The molecule has 0 radical (unpaired) electrons. The highest BCUT2D eigenvalue weighted by atomic mass is 19.1. The number of likely N-dealkylation sites (tertiary alicyclic amines) is 1. The Hall–Kier alpha value is -4.15. The van der Waals surface area contributed by atoms with E-state index in [0.717, 1.165) is 28.4 Å². The average molecular weight is 504 g/mol. The van der Waals surface area contributed by atoms with E-state index in [1.54, 1.807) is 0 Å². The molecule has 2 aliphatic rings. The van der Waals surface area contributed by atoms with Crippen LogP contribution in [-0.4, -0.2) is 61.3 Å². The van der Waals surface area contributed by atoms with E-state index in [-0.39, 0.29) is 30.7 Å². The van der Waals surface area contributed by atoms with Crippen molar-refractivity contribution in [1.82, 2.24) is 29.8 Å². The Morgan fingerprint density at radius 3 is 2.73 bits per heavy atom. The SMILES string of the molecule is Cc1nn(C)c2cc(-c3noc(C4CCN(C(=O)C5CC(=O)N(c6ccc(F)cn6)C5)CC4)n3)ccc12. The third kappa shape index (κ3) is 4.24. The Balaban J connectivity index is 1.09. The topological polar surface area (TPSA) is 110 Å². The molecule has 0 N–H and O–H groups in total. The summed E-state index contributed by atoms with van der Waals surface area (Å²) >= 11 is 0. The van der Waals surface area contributed by atoms with Crippen molar-refractivity contribution in [3.8, 4) is 11.4 Å². The van der Waals surface area contributed by atoms with E-state index in [1.807, 2.05) is 41.8 Å². The summed E-state index contributed by atoms with van der Waals surface area (Å²) in [4.78, 5) is 37.6. The van der Waals surface area contributed by atoms with Crippen molar-refractivity contribution in [2.45, 2.75) is 32.1 Å². The zero-order valence-corrected chi connectivity index (χ0v) is 20.6. The smallest absolute Gasteiger partial charge is 0.230 e. The van der Waals surface area contributed by atoms with Crippen LogP contribution >= 0.6 is 0 Å². The minimum atomic E-state index is -0.469. The maximum Gasteiger partial charge on any atom is 0.230 e. The van der Waals surface area contributed by atoms with Gasteiger partial charge in [0.1, 0.15) is 11.6 Å². The number of aryl methyl sites for hydroxylation is 2. The summed E-state index contributed by atoms with van der Waals surface area (Å²) in [6, 6.07) is 8.73. The standard InChI is InChI=1S/C26H26FN7O3/c1-15-20-5-3-17(11-21(20)32(2)30-15)24-29-25(37-31-24)16-7-9-33(10-8-16)26(36)18-12-23(35)34(14-18)22-6-4-19(27)13-28-22/h3-6,11,13,16,18H,7-10,12,14H2,1-2H3. The van der Waals surface area contributed by atoms with E-state index < -0.39 is 11.7 Å². The second kappa shape index (κ2) is 9.06. The van der Waals surface area contributed by atoms with Crippen LogP contribution in [0.25, 0.3) is 22.3 Å². The van der Waals surface area contributed by atoms with E-state index in [2.05, 4.69) is 20.2 Å². The number of benzene rings is 1. The second-order valence-electron chi connectivity index (χ2n) is 9.74. The van der Waals surface area contributed by atoms with Gasteiger partial charge in [-0.25, -0.2) is 9.37 Å². The lowest BCUT2D eigenvalue weighted by molar-refractivity contribution is -0.136. The van der Waals surface area contributed by atoms with Crippen LogP contribution in [0.5, 0.6) is 0 Å². The lowest BCUT2D eigenvalue weighted by Gasteiger charge is -2.32. The van der Waals surface area contributed by atoms with E-state index in [4.69, 9.17) is 4.52 Å². The molecule has 4 aromatic rings. The van der Waals surface area contributed by atoms with Gasteiger partial charge in [0.2, 0.25) is 23.5 Å². The molecule has 2 aliphatic heterocycles. The molecule has 3 aromatic heterocycles. The molecule has 11 heteroatoms. The molecular weight excluding hydrogens is 477 g/mol. The van der Waals surface area contributed by atoms with Crippen LogP contribution in [0, 0.1) is 18.7 Å². The fourth-order valence-electron chi connectivity index (χ4n) is 5.32. The maximum atomic E-state index is 13.2. The van der Waals surface area contributed by atoms with Gasteiger partial charge < -0.3 is 9.42 Å². The number of amides is 2. The molecule has 190 valence electrons. The molecule has 1 atom stereocenters. The van der Waals surface area contributed by atoms with Gasteiger partial charge >= 0.3 is 0 Å². The monoisotopic (exact) mass is 503 g/mol. The van der Waals surface area contributed by atoms with Crippen molar-refractivity contribution in [3.05, 3.63) is 53.9 Å². The fourth-order valence-corrected chi connectivity index (χ4v) is 5.32. The molecule has 0 spiro atoms. The number of carbonyl (C=O) groups is 2. The molecule has 0 saturated carbocycles. The van der Waals surface area contributed by atoms with E-state index >= 15 is 0 Å². The van der Waals surface area contributed by atoms with Crippen LogP contribution in [0.4, 0.5) is 10.2 Å². The number of hydrogen-bond acceptors (Lipinski definition) is 7. The summed E-state index contributed by atoms with van der Waals surface area (Å²) in [5.74, 6) is 0.428. The summed E-state index contributed by atoms with van der Waals surface area (Å²) in [5.41, 5.74) is 2.84. The molecule has 10 nitrogen and oxygen atoms in total. The molecule has 1 unspecified atom stereocenters. The number of fused-ring (bicyclic) bond motifs is 1. The predicted octanol–water partition coefficient (Wildman–Crippen LogP) is 3.22. The van der Waals surface area contributed by atoms with Gasteiger partial charge in [0, 0.05) is 50.0 Å². The van der Waals surface area contributed by atoms with Crippen molar-refractivity contribution in [2.75, 3.05) is 24.5 Å². The van der Waals surface area contributed by atoms with Gasteiger partial charge in [-0.15, -0.1) is 0 Å². The Kier molecular flexibility index (Phi) is 5.69. The highest BCUT2D eigenvalue weighted by Gasteiger charge is 2.39. The number of rotatable bonds is 4. The average Bonchev–Trinajstić information content (AvgIpc) is 3.62. The van der Waals surface area contributed by atoms with Gasteiger partial charge in [0.15, 0.2) is 0 Å². The van der Waals surface area contributed by atoms with Gasteiger partial charge in [0.25, 0.3) is 0 Å². The first kappa shape index (κ1) is 23.3. The molecule has 2 fully saturated rings. The second-order valence-corrected chi connectivity index (χ2v) is 9.74. The zero-order chi connectivity index (χ0) is 25.7. The lowest BCUT2D eigenvalue weighted by atomic mass is 9.95. The van der Waals surface area contributed by atoms with Crippen LogP contribution in [0.2, 0.25) is 0 Å². The first-order valence-electron chi connectivity index (χ1n) is 12.4. The number of aromatic nitrogens is 5. The zero-order valence-electron chi connectivity index (χ0n) is 20.6. The van der Waals surface area contributed by atoms with E-state index in [9.17, 15) is 14.0 Å². The van der Waals surface area contributed by atoms with Gasteiger partial charge in [0.05, 0.1) is 23.3 Å². The number of anilines is 1. The van der Waals surface area contributed by atoms with Crippen LogP contribution in [0.15, 0.2) is 41.1 Å². The van der Waals surface area contributed by atoms with Crippen LogP contribution in [-0.2, 0) is 16.6 Å². The predicted molar refractivity (Wildman–Crippen MR) is 132 cm³/mol. The third-order valence-electron chi connectivity index (χ3n) is 7.35. The normalized spacial score (nSPS) is 18.8. The molecular formula is C26H26FN7O3. The van der Waals surface area contributed by atoms with Crippen LogP contribution in [0.1, 0.15) is 36.8 Å². The molecule has 37 heavy (non-hydrogen) atoms. The number of pyridine rings is 1. The minimum Gasteiger partial charge on any atom is -0.342 e. The summed E-state index contributed by atoms with van der Waals surface area (Å²) in [5, 5.41) is 9.76. The Morgan fingerprint density at radius 2 is 1.97 bits per heavy atom. The Bertz CT molecular complexity index is 1490. The van der Waals surface area contributed by atoms with Gasteiger partial charge in [-0.05, 0) is 38.0 Å². The largest absolute Gasteiger partial charge is 0.342 e. The summed E-state index contributed by atoms with van der Waals surface area (Å²) in [6.45, 7) is 3.35. The summed E-state index contributed by atoms with van der Waals surface area (Å²) in [6.07, 6.45) is 2.61. The van der Waals surface area contributed by atoms with Crippen molar-refractivity contribution in [3.63, 3.8) is 0 Å². The van der Waals surface area contributed by atoms with Gasteiger partial charge in [-0.2, -0.15) is 10.1 Å². The van der Waals surface area contributed by atoms with E-state index in [0.29, 0.717) is 43.5 Å². The lowest BCUT2D eigenvalue weighted by Crippen LogP contribution is -2.42. The Morgan fingerprint density at radius 1 is 1.16 bits per heavy atom. The highest BCUT2D eigenvalue weighted by Crippen LogP contribution is 2.32. The third-order valence-corrected chi connectivity index (χ3v) is 7.35. The van der Waals surface area contributed by atoms with Crippen LogP contribution < -0.4 is 4.90 Å². The first-order chi connectivity index (χ1) is 17.9.